The Morgan fingerprint density at radius 2 is 1.83 bits per heavy atom. The van der Waals surface area contributed by atoms with E-state index in [1.165, 1.54) is 24.3 Å². The van der Waals surface area contributed by atoms with E-state index in [1.807, 2.05) is 0 Å². The molecule has 0 radical (unpaired) electrons. The Bertz CT molecular complexity index is 519. The van der Waals surface area contributed by atoms with E-state index in [2.05, 4.69) is 5.32 Å². The lowest BCUT2D eigenvalue weighted by atomic mass is 10.1. The number of hydrogen-bond acceptors (Lipinski definition) is 5. The fraction of sp³-hybridized carbons (Fsp3) is 0.0909. The molecule has 0 heterocycles. The first kappa shape index (κ1) is 13.4. The molecule has 0 aliphatic rings. The predicted molar refractivity (Wildman–Crippen MR) is 59.9 cm³/mol. The Morgan fingerprint density at radius 1 is 1.28 bits per heavy atom. The summed E-state index contributed by atoms with van der Waals surface area (Å²) in [6, 6.07) is 5.19. The van der Waals surface area contributed by atoms with Crippen molar-refractivity contribution in [1.82, 2.24) is 5.32 Å². The summed E-state index contributed by atoms with van der Waals surface area (Å²) in [6.07, 6.45) is 1.15. The molecule has 7 nitrogen and oxygen atoms in total. The van der Waals surface area contributed by atoms with Gasteiger partial charge in [-0.05, 0) is 23.8 Å². The van der Waals surface area contributed by atoms with Gasteiger partial charge < -0.3 is 15.2 Å². The van der Waals surface area contributed by atoms with Crippen molar-refractivity contribution < 1.29 is 19.6 Å². The summed E-state index contributed by atoms with van der Waals surface area (Å²) in [5.41, 5.74) is -0.119. The van der Waals surface area contributed by atoms with Gasteiger partial charge in [-0.3, -0.25) is 14.9 Å². The van der Waals surface area contributed by atoms with Crippen molar-refractivity contribution in [2.45, 2.75) is 6.92 Å². The summed E-state index contributed by atoms with van der Waals surface area (Å²) in [5.74, 6) is -2.09. The second-order valence-corrected chi connectivity index (χ2v) is 3.38. The third-order valence-electron chi connectivity index (χ3n) is 1.95. The molecule has 0 unspecified atom stereocenters. The first-order valence-corrected chi connectivity index (χ1v) is 4.85. The molecule has 0 fully saturated rings. The quantitative estimate of drug-likeness (QED) is 0.452. The molecule has 0 atom stereocenters. The van der Waals surface area contributed by atoms with E-state index in [9.17, 15) is 24.8 Å². The van der Waals surface area contributed by atoms with Gasteiger partial charge in [0.15, 0.2) is 0 Å². The van der Waals surface area contributed by atoms with Crippen molar-refractivity contribution in [3.05, 3.63) is 45.6 Å². The Morgan fingerprint density at radius 3 is 2.22 bits per heavy atom. The van der Waals surface area contributed by atoms with Gasteiger partial charge in [-0.25, -0.2) is 0 Å². The van der Waals surface area contributed by atoms with Crippen LogP contribution >= 0.6 is 0 Å². The molecule has 0 aliphatic heterocycles. The number of carboxylic acids is 1. The van der Waals surface area contributed by atoms with Crippen LogP contribution in [-0.2, 0) is 9.59 Å². The van der Waals surface area contributed by atoms with Gasteiger partial charge in [0, 0.05) is 19.1 Å². The van der Waals surface area contributed by atoms with E-state index in [0.29, 0.717) is 5.56 Å². The van der Waals surface area contributed by atoms with Crippen molar-refractivity contribution >= 4 is 23.6 Å². The van der Waals surface area contributed by atoms with Gasteiger partial charge in [0.25, 0.3) is 5.69 Å². The number of carbonyl (C=O) groups excluding carboxylic acids is 2. The standard InChI is InChI=1S/C11H10N2O5/c1-7(14)12-10(11(15)16)6-8-2-4-9(5-3-8)13(17)18/h2-6H,1H3,(H,12,14)(H,15,16)/p-1/b10-6+. The van der Waals surface area contributed by atoms with Crippen LogP contribution in [0, 0.1) is 10.1 Å². The number of hydrogen-bond donors (Lipinski definition) is 1. The second-order valence-electron chi connectivity index (χ2n) is 3.38. The molecule has 1 N–H and O–H groups in total. The minimum atomic E-state index is -1.54. The first-order valence-electron chi connectivity index (χ1n) is 4.85. The fourth-order valence-electron chi connectivity index (χ4n) is 1.19. The van der Waals surface area contributed by atoms with Crippen LogP contribution in [0.4, 0.5) is 5.69 Å². The van der Waals surface area contributed by atoms with Gasteiger partial charge in [0.2, 0.25) is 5.91 Å². The molecule has 0 aromatic heterocycles. The molecule has 18 heavy (non-hydrogen) atoms. The highest BCUT2D eigenvalue weighted by molar-refractivity contribution is 5.95. The number of rotatable bonds is 4. The summed E-state index contributed by atoms with van der Waals surface area (Å²) in [4.78, 5) is 31.3. The summed E-state index contributed by atoms with van der Waals surface area (Å²) in [6.45, 7) is 1.16. The summed E-state index contributed by atoms with van der Waals surface area (Å²) >= 11 is 0. The zero-order valence-electron chi connectivity index (χ0n) is 9.38. The summed E-state index contributed by atoms with van der Waals surface area (Å²) < 4.78 is 0. The normalized spacial score (nSPS) is 10.8. The van der Waals surface area contributed by atoms with Gasteiger partial charge >= 0.3 is 0 Å². The van der Waals surface area contributed by atoms with Crippen molar-refractivity contribution in [3.8, 4) is 0 Å². The lowest BCUT2D eigenvalue weighted by Gasteiger charge is -2.08. The minimum absolute atomic E-state index is 0.110. The molecule has 94 valence electrons. The smallest absolute Gasteiger partial charge is 0.269 e. The van der Waals surface area contributed by atoms with E-state index in [0.717, 1.165) is 13.0 Å². The highest BCUT2D eigenvalue weighted by Crippen LogP contribution is 2.13. The fourth-order valence-corrected chi connectivity index (χ4v) is 1.19. The highest BCUT2D eigenvalue weighted by Gasteiger charge is 2.05. The van der Waals surface area contributed by atoms with Crippen LogP contribution in [-0.4, -0.2) is 16.8 Å². The largest absolute Gasteiger partial charge is 0.543 e. The van der Waals surface area contributed by atoms with Gasteiger partial charge in [-0.1, -0.05) is 0 Å². The molecule has 1 aromatic carbocycles. The third-order valence-corrected chi connectivity index (χ3v) is 1.95. The molecule has 0 spiro atoms. The number of nitrogens with zero attached hydrogens (tertiary/aromatic N) is 1. The van der Waals surface area contributed by atoms with Gasteiger partial charge in [0.1, 0.15) is 0 Å². The molecule has 0 aliphatic carbocycles. The first-order chi connectivity index (χ1) is 8.40. The maximum Gasteiger partial charge on any atom is 0.269 e. The SMILES string of the molecule is CC(=O)N/C(=C/c1ccc([N+](=O)[O-])cc1)C(=O)[O-]. The van der Waals surface area contributed by atoms with Gasteiger partial charge in [-0.15, -0.1) is 0 Å². The van der Waals surface area contributed by atoms with Crippen LogP contribution in [0.15, 0.2) is 30.0 Å². The Kier molecular flexibility index (Phi) is 4.14. The molecule has 1 aromatic rings. The monoisotopic (exact) mass is 249 g/mol. The molecule has 1 amide bonds. The Labute approximate surface area is 102 Å². The summed E-state index contributed by atoms with van der Waals surface area (Å²) in [5, 5.41) is 23.2. The number of non-ortho nitro benzene ring substituents is 1. The van der Waals surface area contributed by atoms with Crippen LogP contribution in [0.1, 0.15) is 12.5 Å². The summed E-state index contributed by atoms with van der Waals surface area (Å²) in [7, 11) is 0. The van der Waals surface area contributed by atoms with E-state index in [1.54, 1.807) is 0 Å². The minimum Gasteiger partial charge on any atom is -0.543 e. The van der Waals surface area contributed by atoms with E-state index < -0.39 is 22.5 Å². The molecule has 1 rings (SSSR count). The molecular weight excluding hydrogens is 240 g/mol. The van der Waals surface area contributed by atoms with Crippen molar-refractivity contribution in [1.29, 1.82) is 0 Å². The zero-order chi connectivity index (χ0) is 13.7. The Balaban J connectivity index is 3.01. The van der Waals surface area contributed by atoms with Crippen molar-refractivity contribution in [3.63, 3.8) is 0 Å². The zero-order valence-corrected chi connectivity index (χ0v) is 9.38. The average Bonchev–Trinajstić information content (AvgIpc) is 2.28. The maximum atomic E-state index is 10.8. The number of nitro groups is 1. The van der Waals surface area contributed by atoms with E-state index in [-0.39, 0.29) is 5.69 Å². The lowest BCUT2D eigenvalue weighted by Crippen LogP contribution is -2.34. The molecule has 0 bridgehead atoms. The van der Waals surface area contributed by atoms with Crippen LogP contribution < -0.4 is 10.4 Å². The third kappa shape index (κ3) is 3.71. The topological polar surface area (TPSA) is 112 Å². The molecule has 0 saturated heterocycles. The number of nitrogens with one attached hydrogen (secondary N) is 1. The lowest BCUT2D eigenvalue weighted by molar-refractivity contribution is -0.384. The van der Waals surface area contributed by atoms with E-state index >= 15 is 0 Å². The maximum absolute atomic E-state index is 10.8. The number of carbonyl (C=O) groups is 2. The second kappa shape index (κ2) is 5.58. The van der Waals surface area contributed by atoms with Crippen LogP contribution in [0.25, 0.3) is 6.08 Å². The molecule has 0 saturated carbocycles. The van der Waals surface area contributed by atoms with Crippen LogP contribution in [0.5, 0.6) is 0 Å². The molecular formula is C11H9N2O5-. The highest BCUT2D eigenvalue weighted by atomic mass is 16.6. The average molecular weight is 249 g/mol. The predicted octanol–water partition coefficient (Wildman–Crippen LogP) is -0.178. The van der Waals surface area contributed by atoms with Crippen LogP contribution in [0.3, 0.4) is 0 Å². The number of aliphatic carboxylic acids is 1. The van der Waals surface area contributed by atoms with Gasteiger partial charge in [-0.2, -0.15) is 0 Å². The number of nitro benzene ring substituents is 1. The number of benzene rings is 1. The van der Waals surface area contributed by atoms with Crippen LogP contribution in [0.2, 0.25) is 0 Å². The van der Waals surface area contributed by atoms with Crippen molar-refractivity contribution in [2.24, 2.45) is 0 Å². The molecule has 7 heteroatoms. The Hall–Kier alpha value is -2.70. The number of carboxylic acid groups (broad SMARTS) is 1. The number of amides is 1. The van der Waals surface area contributed by atoms with E-state index in [4.69, 9.17) is 0 Å². The van der Waals surface area contributed by atoms with Gasteiger partial charge in [0.05, 0.1) is 16.6 Å². The van der Waals surface area contributed by atoms with Crippen molar-refractivity contribution in [2.75, 3.05) is 0 Å².